The molecule has 40 heavy (non-hydrogen) atoms. The van der Waals surface area contributed by atoms with Gasteiger partial charge in [-0.15, -0.1) is 5.10 Å². The molecule has 0 bridgehead atoms. The van der Waals surface area contributed by atoms with Gasteiger partial charge in [-0.1, -0.05) is 23.2 Å². The fourth-order valence-electron chi connectivity index (χ4n) is 5.10. The lowest BCUT2D eigenvalue weighted by molar-refractivity contribution is 0.202. The van der Waals surface area contributed by atoms with E-state index in [9.17, 15) is 0 Å². The molecule has 12 heteroatoms. The van der Waals surface area contributed by atoms with Crippen molar-refractivity contribution in [3.8, 4) is 17.3 Å². The monoisotopic (exact) mass is 576 g/mol. The first-order valence-electron chi connectivity index (χ1n) is 13.6. The van der Waals surface area contributed by atoms with Gasteiger partial charge >= 0.3 is 0 Å². The van der Waals surface area contributed by atoms with Gasteiger partial charge in [0, 0.05) is 42.2 Å². The molecule has 0 spiro atoms. The lowest BCUT2D eigenvalue weighted by Gasteiger charge is -2.30. The number of fused-ring (bicyclic) bond motifs is 1. The molecule has 0 amide bonds. The van der Waals surface area contributed by atoms with Crippen LogP contribution in [0.5, 0.6) is 0 Å². The van der Waals surface area contributed by atoms with Gasteiger partial charge in [0.2, 0.25) is 5.95 Å². The van der Waals surface area contributed by atoms with Gasteiger partial charge in [0.25, 0.3) is 0 Å². The number of rotatable bonds is 9. The van der Waals surface area contributed by atoms with Gasteiger partial charge in [-0.3, -0.25) is 0 Å². The number of likely N-dealkylation sites (tertiary alicyclic amines) is 1. The summed E-state index contributed by atoms with van der Waals surface area (Å²) in [6.45, 7) is 4.47. The highest BCUT2D eigenvalue weighted by Crippen LogP contribution is 2.34. The molecule has 2 aliphatic rings. The topological polar surface area (TPSA) is 133 Å². The van der Waals surface area contributed by atoms with Crippen molar-refractivity contribution >= 4 is 46.4 Å². The fraction of sp³-hybridized carbons (Fsp3) is 0.393. The number of nitrogen functional groups attached to an aromatic ring is 1. The van der Waals surface area contributed by atoms with Crippen LogP contribution >= 0.6 is 23.2 Å². The van der Waals surface area contributed by atoms with Gasteiger partial charge in [-0.25, -0.2) is 15.0 Å². The van der Waals surface area contributed by atoms with Crippen LogP contribution in [0.25, 0.3) is 16.9 Å². The van der Waals surface area contributed by atoms with E-state index in [1.165, 1.54) is 19.4 Å². The van der Waals surface area contributed by atoms with E-state index in [1.54, 1.807) is 28.8 Å². The second kappa shape index (κ2) is 11.5. The highest BCUT2D eigenvalue weighted by Gasteiger charge is 2.29. The number of nitrogens with zero attached hydrogens (tertiary/aromatic N) is 7. The number of hydrogen-bond donors (Lipinski definition) is 3. The standard InChI is InChI=1S/C28H30Cl2N10/c29-20-4-5-21(22(30)13-20)23-14-25-37-27(18-7-11-39(12-8-18)16-17-1-2-17)38-40(25)28(35-23)34-10-9-33-24-6-3-19(15-31)26(32)36-24/h3-6,13-14,17-18H,1-2,7-12,16H2,(H,34,35)(H3,32,33,36). The van der Waals surface area contributed by atoms with Crippen molar-refractivity contribution in [1.29, 1.82) is 5.26 Å². The number of aromatic nitrogens is 5. The number of anilines is 3. The Balaban J connectivity index is 1.22. The number of halogens is 2. The quantitative estimate of drug-likeness (QED) is 0.234. The molecule has 2 fully saturated rings. The Morgan fingerprint density at radius 2 is 1.77 bits per heavy atom. The minimum Gasteiger partial charge on any atom is -0.383 e. The van der Waals surface area contributed by atoms with Crippen LogP contribution < -0.4 is 16.4 Å². The molecule has 6 rings (SSSR count). The van der Waals surface area contributed by atoms with Crippen LogP contribution in [0.1, 0.15) is 43.0 Å². The highest BCUT2D eigenvalue weighted by atomic mass is 35.5. The predicted octanol–water partition coefficient (Wildman–Crippen LogP) is 5.06. The zero-order chi connectivity index (χ0) is 27.6. The first-order valence-corrected chi connectivity index (χ1v) is 14.3. The molecular weight excluding hydrogens is 547 g/mol. The maximum Gasteiger partial charge on any atom is 0.226 e. The number of piperidine rings is 1. The first kappa shape index (κ1) is 26.6. The van der Waals surface area contributed by atoms with Crippen LogP contribution in [0.2, 0.25) is 10.0 Å². The van der Waals surface area contributed by atoms with E-state index in [0.717, 1.165) is 43.2 Å². The molecule has 0 unspecified atom stereocenters. The molecule has 10 nitrogen and oxygen atoms in total. The van der Waals surface area contributed by atoms with Gasteiger partial charge in [0.1, 0.15) is 17.7 Å². The van der Waals surface area contributed by atoms with Gasteiger partial charge in [0.05, 0.1) is 16.3 Å². The number of nitrogens with one attached hydrogen (secondary N) is 2. The van der Waals surface area contributed by atoms with Crippen LogP contribution in [0.4, 0.5) is 17.6 Å². The van der Waals surface area contributed by atoms with E-state index < -0.39 is 0 Å². The third-order valence-electron chi connectivity index (χ3n) is 7.47. The molecule has 1 aliphatic heterocycles. The summed E-state index contributed by atoms with van der Waals surface area (Å²) < 4.78 is 1.77. The van der Waals surface area contributed by atoms with E-state index in [-0.39, 0.29) is 5.82 Å². The summed E-state index contributed by atoms with van der Waals surface area (Å²) in [6.07, 6.45) is 4.87. The van der Waals surface area contributed by atoms with Crippen molar-refractivity contribution < 1.29 is 0 Å². The molecule has 0 radical (unpaired) electrons. The lowest BCUT2D eigenvalue weighted by atomic mass is 9.96. The molecule has 4 aromatic rings. The largest absolute Gasteiger partial charge is 0.383 e. The summed E-state index contributed by atoms with van der Waals surface area (Å²) in [4.78, 5) is 16.6. The Bertz CT molecular complexity index is 1570. The molecule has 1 aliphatic carbocycles. The zero-order valence-electron chi connectivity index (χ0n) is 21.9. The fourth-order valence-corrected chi connectivity index (χ4v) is 5.61. The van der Waals surface area contributed by atoms with Crippen LogP contribution in [0, 0.1) is 17.2 Å². The maximum absolute atomic E-state index is 9.06. The summed E-state index contributed by atoms with van der Waals surface area (Å²) in [7, 11) is 0. The normalized spacial score (nSPS) is 16.2. The zero-order valence-corrected chi connectivity index (χ0v) is 23.5. The van der Waals surface area contributed by atoms with Crippen molar-refractivity contribution in [3.63, 3.8) is 0 Å². The van der Waals surface area contributed by atoms with Crippen LogP contribution in [-0.2, 0) is 0 Å². The lowest BCUT2D eigenvalue weighted by Crippen LogP contribution is -2.34. The van der Waals surface area contributed by atoms with Gasteiger partial charge in [-0.2, -0.15) is 9.78 Å². The molecule has 4 heterocycles. The Morgan fingerprint density at radius 3 is 2.50 bits per heavy atom. The second-order valence-electron chi connectivity index (χ2n) is 10.4. The summed E-state index contributed by atoms with van der Waals surface area (Å²) in [5.41, 5.74) is 8.35. The molecule has 1 saturated carbocycles. The number of nitriles is 1. The van der Waals surface area contributed by atoms with E-state index in [1.807, 2.05) is 18.2 Å². The minimum absolute atomic E-state index is 0.199. The number of hydrogen-bond acceptors (Lipinski definition) is 9. The maximum atomic E-state index is 9.06. The van der Waals surface area contributed by atoms with Crippen molar-refractivity contribution in [3.05, 3.63) is 57.8 Å². The first-order chi connectivity index (χ1) is 19.5. The van der Waals surface area contributed by atoms with E-state index in [2.05, 4.69) is 20.5 Å². The van der Waals surface area contributed by atoms with E-state index in [0.29, 0.717) is 57.7 Å². The molecule has 1 aromatic carbocycles. The summed E-state index contributed by atoms with van der Waals surface area (Å²) >= 11 is 12.7. The van der Waals surface area contributed by atoms with Crippen molar-refractivity contribution in [2.24, 2.45) is 5.92 Å². The molecule has 4 N–H and O–H groups in total. The van der Waals surface area contributed by atoms with Crippen molar-refractivity contribution in [2.45, 2.75) is 31.6 Å². The molecular formula is C28H30Cl2N10. The molecule has 3 aromatic heterocycles. The average molecular weight is 578 g/mol. The van der Waals surface area contributed by atoms with Gasteiger partial charge in [-0.05, 0) is 75.0 Å². The Kier molecular flexibility index (Phi) is 7.61. The number of nitrogens with two attached hydrogens (primary N) is 1. The summed E-state index contributed by atoms with van der Waals surface area (Å²) in [6, 6.07) is 12.7. The van der Waals surface area contributed by atoms with Crippen molar-refractivity contribution in [2.75, 3.05) is 49.1 Å². The van der Waals surface area contributed by atoms with Crippen molar-refractivity contribution in [1.82, 2.24) is 29.5 Å². The Labute approximate surface area is 242 Å². The van der Waals surface area contributed by atoms with Gasteiger partial charge < -0.3 is 21.3 Å². The van der Waals surface area contributed by atoms with E-state index >= 15 is 0 Å². The SMILES string of the molecule is N#Cc1ccc(NCCNc2nc(-c3ccc(Cl)cc3Cl)cc3nc(C4CCN(CC5CC5)CC4)nn23)nc1N. The molecule has 0 atom stereocenters. The molecule has 206 valence electrons. The third-order valence-corrected chi connectivity index (χ3v) is 8.02. The van der Waals surface area contributed by atoms with E-state index in [4.69, 9.17) is 49.3 Å². The predicted molar refractivity (Wildman–Crippen MR) is 158 cm³/mol. The smallest absolute Gasteiger partial charge is 0.226 e. The van der Waals surface area contributed by atoms with Crippen LogP contribution in [0.15, 0.2) is 36.4 Å². The highest BCUT2D eigenvalue weighted by molar-refractivity contribution is 6.36. The second-order valence-corrected chi connectivity index (χ2v) is 11.3. The Hall–Kier alpha value is -3.65. The average Bonchev–Trinajstić information content (AvgIpc) is 3.65. The van der Waals surface area contributed by atoms with Gasteiger partial charge in [0.15, 0.2) is 11.5 Å². The van der Waals surface area contributed by atoms with Crippen LogP contribution in [-0.4, -0.2) is 62.2 Å². The summed E-state index contributed by atoms with van der Waals surface area (Å²) in [5.74, 6) is 3.44. The number of pyridine rings is 1. The number of benzene rings is 1. The third kappa shape index (κ3) is 5.92. The molecule has 1 saturated heterocycles. The Morgan fingerprint density at radius 1 is 0.975 bits per heavy atom. The van der Waals surface area contributed by atoms with Crippen LogP contribution in [0.3, 0.4) is 0 Å². The summed E-state index contributed by atoms with van der Waals surface area (Å²) in [5, 5.41) is 21.7. The minimum atomic E-state index is 0.199.